The van der Waals surface area contributed by atoms with Crippen LogP contribution in [0.3, 0.4) is 0 Å². The van der Waals surface area contributed by atoms with Crippen LogP contribution in [0.4, 0.5) is 0 Å². The molecule has 0 bridgehead atoms. The van der Waals surface area contributed by atoms with E-state index in [0.29, 0.717) is 12.8 Å². The molecular weight excluding hydrogens is 762 g/mol. The summed E-state index contributed by atoms with van der Waals surface area (Å²) in [5.41, 5.74) is 5.36. The highest BCUT2D eigenvalue weighted by Crippen LogP contribution is 2.43. The van der Waals surface area contributed by atoms with E-state index in [9.17, 15) is 19.0 Å². The fraction of sp³-hybridized carbons (Fsp3) is 0.837. The van der Waals surface area contributed by atoms with Gasteiger partial charge in [0.25, 0.3) is 0 Å². The Hall–Kier alpha value is -1.77. The summed E-state index contributed by atoms with van der Waals surface area (Å²) in [6.07, 6.45) is 51.9. The predicted octanol–water partition coefficient (Wildman–Crippen LogP) is 14.5. The van der Waals surface area contributed by atoms with Crippen molar-refractivity contribution in [3.8, 4) is 0 Å². The second-order valence-corrected chi connectivity index (χ2v) is 17.8. The minimum absolute atomic E-state index is 0.0477. The smallest absolute Gasteiger partial charge is 0.462 e. The Morgan fingerprint density at radius 2 is 0.898 bits per heavy atom. The number of unbranched alkanes of at least 4 members (excludes halogenated alkanes) is 27. The lowest BCUT2D eigenvalue weighted by molar-refractivity contribution is -0.161. The van der Waals surface area contributed by atoms with Crippen molar-refractivity contribution in [3.05, 3.63) is 36.5 Å². The summed E-state index contributed by atoms with van der Waals surface area (Å²) in [5, 5.41) is 0. The van der Waals surface area contributed by atoms with Crippen LogP contribution in [0.25, 0.3) is 0 Å². The van der Waals surface area contributed by atoms with E-state index in [1.807, 2.05) is 0 Å². The van der Waals surface area contributed by atoms with E-state index in [1.165, 1.54) is 141 Å². The first kappa shape index (κ1) is 57.2. The molecule has 9 nitrogen and oxygen atoms in total. The SMILES string of the molecule is CCCCC/C=C/C/C=C/CCCCCCCC(=O)OC[C@H](COP(=O)(O)OCCN)OC(=O)CCC/C=C/CCCCCCCCCCCCCCCCCCCC. The molecule has 0 aromatic heterocycles. The molecule has 0 amide bonds. The van der Waals surface area contributed by atoms with Crippen molar-refractivity contribution in [2.45, 2.75) is 238 Å². The highest BCUT2D eigenvalue weighted by atomic mass is 31.2. The minimum atomic E-state index is -4.39. The van der Waals surface area contributed by atoms with E-state index in [4.69, 9.17) is 24.3 Å². The van der Waals surface area contributed by atoms with Crippen LogP contribution in [-0.2, 0) is 32.7 Å². The first-order chi connectivity index (χ1) is 28.8. The molecule has 0 aromatic rings. The molecule has 0 saturated heterocycles. The maximum absolute atomic E-state index is 12.6. The number of rotatable bonds is 46. The van der Waals surface area contributed by atoms with Crippen LogP contribution in [-0.4, -0.2) is 49.3 Å². The Morgan fingerprint density at radius 3 is 1.39 bits per heavy atom. The number of phosphoric ester groups is 1. The Kier molecular flexibility index (Phi) is 44.4. The predicted molar refractivity (Wildman–Crippen MR) is 247 cm³/mol. The fourth-order valence-corrected chi connectivity index (χ4v) is 7.61. The van der Waals surface area contributed by atoms with Crippen molar-refractivity contribution in [1.29, 1.82) is 0 Å². The molecular formula is C49H92NO8P. The summed E-state index contributed by atoms with van der Waals surface area (Å²) in [5.74, 6) is -0.876. The standard InChI is InChI=1S/C49H92NO8P/c1-3-5-7-9-11-13-15-17-19-20-21-22-23-24-25-26-28-30-32-34-36-38-40-42-49(52)58-47(46-57-59(53,54)56-44-43-50)45-55-48(51)41-39-37-35-33-31-29-27-18-16-14-12-10-8-6-4-2/h12,14,18,27,34,36,47H,3-11,13,15-17,19-26,28-33,35,37-46,50H2,1-2H3,(H,53,54)/b14-12+,27-18+,36-34+/t47-/m1/s1. The Labute approximate surface area is 363 Å². The average Bonchev–Trinajstić information content (AvgIpc) is 3.22. The van der Waals surface area contributed by atoms with Gasteiger partial charge in [0.05, 0.1) is 13.2 Å². The topological polar surface area (TPSA) is 134 Å². The summed E-state index contributed by atoms with van der Waals surface area (Å²) in [6, 6.07) is 0. The molecule has 10 heteroatoms. The van der Waals surface area contributed by atoms with Gasteiger partial charge < -0.3 is 20.1 Å². The third kappa shape index (κ3) is 45.6. The minimum Gasteiger partial charge on any atom is -0.462 e. The molecule has 0 radical (unpaired) electrons. The van der Waals surface area contributed by atoms with Gasteiger partial charge >= 0.3 is 19.8 Å². The number of hydrogen-bond acceptors (Lipinski definition) is 8. The van der Waals surface area contributed by atoms with E-state index in [0.717, 1.165) is 51.4 Å². The lowest BCUT2D eigenvalue weighted by Crippen LogP contribution is -2.29. The number of carbonyl (C=O) groups excluding carboxylic acids is 2. The summed E-state index contributed by atoms with van der Waals surface area (Å²) >= 11 is 0. The van der Waals surface area contributed by atoms with Gasteiger partial charge in [-0.3, -0.25) is 18.6 Å². The molecule has 346 valence electrons. The molecule has 0 saturated carbocycles. The van der Waals surface area contributed by atoms with E-state index < -0.39 is 32.5 Å². The Balaban J connectivity index is 4.08. The van der Waals surface area contributed by atoms with Gasteiger partial charge in [-0.2, -0.15) is 0 Å². The lowest BCUT2D eigenvalue weighted by Gasteiger charge is -2.19. The summed E-state index contributed by atoms with van der Waals surface area (Å²) < 4.78 is 32.8. The van der Waals surface area contributed by atoms with Crippen molar-refractivity contribution in [1.82, 2.24) is 0 Å². The van der Waals surface area contributed by atoms with Gasteiger partial charge in [0, 0.05) is 19.4 Å². The maximum Gasteiger partial charge on any atom is 0.472 e. The second kappa shape index (κ2) is 45.7. The number of nitrogens with two attached hydrogens (primary N) is 1. The van der Waals surface area contributed by atoms with Crippen molar-refractivity contribution in [2.24, 2.45) is 5.73 Å². The maximum atomic E-state index is 12.6. The molecule has 2 atom stereocenters. The third-order valence-electron chi connectivity index (χ3n) is 10.5. The normalized spacial score (nSPS) is 13.5. The zero-order chi connectivity index (χ0) is 43.2. The number of allylic oxidation sites excluding steroid dienone is 6. The average molecular weight is 854 g/mol. The van der Waals surface area contributed by atoms with E-state index >= 15 is 0 Å². The largest absolute Gasteiger partial charge is 0.472 e. The molecule has 0 aromatic carbocycles. The van der Waals surface area contributed by atoms with Gasteiger partial charge in [-0.15, -0.1) is 0 Å². The van der Waals surface area contributed by atoms with Gasteiger partial charge in [0.15, 0.2) is 6.10 Å². The van der Waals surface area contributed by atoms with Crippen molar-refractivity contribution in [2.75, 3.05) is 26.4 Å². The highest BCUT2D eigenvalue weighted by molar-refractivity contribution is 7.47. The van der Waals surface area contributed by atoms with Crippen molar-refractivity contribution >= 4 is 19.8 Å². The van der Waals surface area contributed by atoms with Crippen LogP contribution < -0.4 is 5.73 Å². The van der Waals surface area contributed by atoms with Crippen LogP contribution in [0.2, 0.25) is 0 Å². The molecule has 0 aliphatic rings. The van der Waals surface area contributed by atoms with Gasteiger partial charge in [-0.05, 0) is 64.2 Å². The number of hydrogen-bond donors (Lipinski definition) is 2. The number of carbonyl (C=O) groups is 2. The van der Waals surface area contributed by atoms with Crippen LogP contribution in [0.5, 0.6) is 0 Å². The molecule has 0 heterocycles. The van der Waals surface area contributed by atoms with Crippen LogP contribution in [0.1, 0.15) is 232 Å². The molecule has 0 fully saturated rings. The monoisotopic (exact) mass is 854 g/mol. The highest BCUT2D eigenvalue weighted by Gasteiger charge is 2.26. The lowest BCUT2D eigenvalue weighted by atomic mass is 10.0. The zero-order valence-electron chi connectivity index (χ0n) is 38.2. The summed E-state index contributed by atoms with van der Waals surface area (Å²) in [7, 11) is -4.39. The summed E-state index contributed by atoms with van der Waals surface area (Å²) in [6.45, 7) is 3.69. The van der Waals surface area contributed by atoms with Gasteiger partial charge in [-0.1, -0.05) is 192 Å². The Morgan fingerprint density at radius 1 is 0.508 bits per heavy atom. The van der Waals surface area contributed by atoms with Gasteiger partial charge in [-0.25, -0.2) is 4.57 Å². The van der Waals surface area contributed by atoms with E-state index in [1.54, 1.807) is 0 Å². The van der Waals surface area contributed by atoms with Crippen LogP contribution in [0, 0.1) is 0 Å². The molecule has 0 aliphatic heterocycles. The van der Waals surface area contributed by atoms with Gasteiger partial charge in [0.1, 0.15) is 6.61 Å². The number of phosphoric acid groups is 1. The van der Waals surface area contributed by atoms with Crippen molar-refractivity contribution < 1.29 is 37.6 Å². The fourth-order valence-electron chi connectivity index (χ4n) is 6.85. The first-order valence-electron chi connectivity index (χ1n) is 24.5. The number of ether oxygens (including phenoxy) is 2. The molecule has 0 rings (SSSR count). The number of esters is 2. The second-order valence-electron chi connectivity index (χ2n) is 16.3. The Bertz CT molecular complexity index is 1060. The quantitative estimate of drug-likeness (QED) is 0.0265. The molecule has 1 unspecified atom stereocenters. The zero-order valence-corrected chi connectivity index (χ0v) is 39.1. The third-order valence-corrected chi connectivity index (χ3v) is 11.5. The molecule has 0 aliphatic carbocycles. The van der Waals surface area contributed by atoms with Crippen LogP contribution in [0.15, 0.2) is 36.5 Å². The first-order valence-corrected chi connectivity index (χ1v) is 26.0. The summed E-state index contributed by atoms with van der Waals surface area (Å²) in [4.78, 5) is 34.9. The van der Waals surface area contributed by atoms with Crippen molar-refractivity contribution in [3.63, 3.8) is 0 Å². The van der Waals surface area contributed by atoms with E-state index in [-0.39, 0.29) is 32.6 Å². The molecule has 3 N–H and O–H groups in total. The molecule has 0 spiro atoms. The van der Waals surface area contributed by atoms with Crippen LogP contribution >= 0.6 is 7.82 Å². The van der Waals surface area contributed by atoms with E-state index in [2.05, 4.69) is 50.3 Å². The molecule has 59 heavy (non-hydrogen) atoms. The van der Waals surface area contributed by atoms with Gasteiger partial charge in [0.2, 0.25) is 0 Å².